The van der Waals surface area contributed by atoms with Gasteiger partial charge in [-0.2, -0.15) is 5.10 Å². The van der Waals surface area contributed by atoms with Crippen molar-refractivity contribution in [1.29, 1.82) is 0 Å². The van der Waals surface area contributed by atoms with Crippen molar-refractivity contribution in [2.75, 3.05) is 17.7 Å². The number of aryl methyl sites for hydroxylation is 3. The SMILES string of the molecule is COc1cc(-c2nc(C)nn2C)ccc1Nc1cc(NC(=O)C2CC2)nc2[nH]c(C)nc12. The fourth-order valence-corrected chi connectivity index (χ4v) is 3.68. The van der Waals surface area contributed by atoms with Gasteiger partial charge in [-0.25, -0.2) is 19.6 Å². The van der Waals surface area contributed by atoms with Crippen molar-refractivity contribution in [3.63, 3.8) is 0 Å². The third-order valence-electron chi connectivity index (χ3n) is 5.37. The molecule has 1 aliphatic rings. The first-order valence-corrected chi connectivity index (χ1v) is 10.4. The maximum atomic E-state index is 12.3. The topological polar surface area (TPSA) is 123 Å². The lowest BCUT2D eigenvalue weighted by Gasteiger charge is -2.14. The number of fused-ring (bicyclic) bond motifs is 1. The van der Waals surface area contributed by atoms with Crippen LogP contribution in [0.1, 0.15) is 24.5 Å². The van der Waals surface area contributed by atoms with Crippen LogP contribution in [-0.2, 0) is 11.8 Å². The Morgan fingerprint density at radius 2 is 1.97 bits per heavy atom. The van der Waals surface area contributed by atoms with Gasteiger partial charge in [0.25, 0.3) is 0 Å². The molecule has 0 radical (unpaired) electrons. The first-order chi connectivity index (χ1) is 15.4. The molecular weight excluding hydrogens is 408 g/mol. The lowest BCUT2D eigenvalue weighted by Crippen LogP contribution is -2.14. The predicted molar refractivity (Wildman–Crippen MR) is 121 cm³/mol. The molecule has 10 heteroatoms. The van der Waals surface area contributed by atoms with Crippen molar-refractivity contribution < 1.29 is 9.53 Å². The van der Waals surface area contributed by atoms with Gasteiger partial charge in [-0.15, -0.1) is 0 Å². The third kappa shape index (κ3) is 3.75. The third-order valence-corrected chi connectivity index (χ3v) is 5.37. The summed E-state index contributed by atoms with van der Waals surface area (Å²) in [6, 6.07) is 7.59. The minimum Gasteiger partial charge on any atom is -0.495 e. The number of carbonyl (C=O) groups is 1. The summed E-state index contributed by atoms with van der Waals surface area (Å²) in [6.07, 6.45) is 1.86. The molecule has 0 aliphatic heterocycles. The number of pyridine rings is 1. The smallest absolute Gasteiger partial charge is 0.228 e. The molecule has 3 aromatic heterocycles. The summed E-state index contributed by atoms with van der Waals surface area (Å²) < 4.78 is 7.39. The van der Waals surface area contributed by atoms with E-state index < -0.39 is 0 Å². The number of carbonyl (C=O) groups excluding carboxylic acids is 1. The van der Waals surface area contributed by atoms with E-state index in [0.717, 1.165) is 35.7 Å². The number of rotatable bonds is 6. The van der Waals surface area contributed by atoms with E-state index >= 15 is 0 Å². The van der Waals surface area contributed by atoms with Crippen molar-refractivity contribution in [3.05, 3.63) is 35.9 Å². The zero-order chi connectivity index (χ0) is 22.4. The van der Waals surface area contributed by atoms with Crippen LogP contribution in [0.4, 0.5) is 17.2 Å². The van der Waals surface area contributed by atoms with Crippen LogP contribution >= 0.6 is 0 Å². The maximum Gasteiger partial charge on any atom is 0.228 e. The highest BCUT2D eigenvalue weighted by molar-refractivity contribution is 5.97. The van der Waals surface area contributed by atoms with Gasteiger partial charge in [0.05, 0.1) is 18.5 Å². The summed E-state index contributed by atoms with van der Waals surface area (Å²) in [5, 5.41) is 10.6. The summed E-state index contributed by atoms with van der Waals surface area (Å²) >= 11 is 0. The fourth-order valence-electron chi connectivity index (χ4n) is 3.68. The number of aromatic nitrogens is 6. The van der Waals surface area contributed by atoms with Gasteiger partial charge in [0.2, 0.25) is 5.91 Å². The van der Waals surface area contributed by atoms with Crippen molar-refractivity contribution in [2.24, 2.45) is 13.0 Å². The Kier molecular flexibility index (Phi) is 4.76. The van der Waals surface area contributed by atoms with Gasteiger partial charge in [0.1, 0.15) is 28.7 Å². The highest BCUT2D eigenvalue weighted by Crippen LogP contribution is 2.35. The fraction of sp³-hybridized carbons (Fsp3) is 0.318. The highest BCUT2D eigenvalue weighted by atomic mass is 16.5. The molecule has 10 nitrogen and oxygen atoms in total. The number of benzene rings is 1. The van der Waals surface area contributed by atoms with Crippen LogP contribution in [0.25, 0.3) is 22.6 Å². The molecule has 1 aliphatic carbocycles. The van der Waals surface area contributed by atoms with Gasteiger partial charge in [-0.05, 0) is 44.9 Å². The number of hydrogen-bond donors (Lipinski definition) is 3. The van der Waals surface area contributed by atoms with E-state index in [0.29, 0.717) is 34.2 Å². The van der Waals surface area contributed by atoms with E-state index in [1.54, 1.807) is 17.9 Å². The summed E-state index contributed by atoms with van der Waals surface area (Å²) in [5.41, 5.74) is 3.64. The molecule has 32 heavy (non-hydrogen) atoms. The van der Waals surface area contributed by atoms with Crippen LogP contribution < -0.4 is 15.4 Å². The minimum atomic E-state index is -0.0000544. The van der Waals surface area contributed by atoms with Crippen LogP contribution in [0.15, 0.2) is 24.3 Å². The molecule has 3 N–H and O–H groups in total. The number of methoxy groups -OCH3 is 1. The molecule has 3 heterocycles. The molecule has 1 amide bonds. The van der Waals surface area contributed by atoms with E-state index in [-0.39, 0.29) is 11.8 Å². The van der Waals surface area contributed by atoms with Crippen molar-refractivity contribution in [2.45, 2.75) is 26.7 Å². The molecule has 0 saturated heterocycles. The average molecular weight is 432 g/mol. The second kappa shape index (κ2) is 7.63. The van der Waals surface area contributed by atoms with Crippen molar-refractivity contribution in [3.8, 4) is 17.1 Å². The molecular formula is C22H24N8O2. The first kappa shape index (κ1) is 20.0. The Morgan fingerprint density at radius 1 is 1.16 bits per heavy atom. The summed E-state index contributed by atoms with van der Waals surface area (Å²) in [5.74, 6) is 3.41. The first-order valence-electron chi connectivity index (χ1n) is 10.4. The average Bonchev–Trinajstić information content (AvgIpc) is 3.46. The van der Waals surface area contributed by atoms with E-state index in [4.69, 9.17) is 4.74 Å². The lowest BCUT2D eigenvalue weighted by atomic mass is 10.1. The molecule has 1 fully saturated rings. The molecule has 4 aromatic rings. The summed E-state index contributed by atoms with van der Waals surface area (Å²) in [7, 11) is 3.48. The van der Waals surface area contributed by atoms with E-state index in [2.05, 4.69) is 35.7 Å². The standard InChI is InChI=1S/C22H24N8O2/c1-11-23-19-16(10-18(27-20(19)24-11)28-22(31)13-5-6-13)26-15-8-7-14(9-17(15)32-4)21-25-12(2)29-30(21)3/h7-10,13H,5-6H2,1-4H3,(H3,23,24,26,27,28,31). The van der Waals surface area contributed by atoms with E-state index in [1.165, 1.54) is 0 Å². The van der Waals surface area contributed by atoms with Crippen LogP contribution in [0, 0.1) is 19.8 Å². The van der Waals surface area contributed by atoms with Gasteiger partial charge >= 0.3 is 0 Å². The number of nitrogens with one attached hydrogen (secondary N) is 3. The number of amides is 1. The normalized spacial score (nSPS) is 13.4. The zero-order valence-corrected chi connectivity index (χ0v) is 18.4. The number of aromatic amines is 1. The number of hydrogen-bond acceptors (Lipinski definition) is 7. The van der Waals surface area contributed by atoms with Crippen LogP contribution in [0.3, 0.4) is 0 Å². The molecule has 0 bridgehead atoms. The second-order valence-electron chi connectivity index (χ2n) is 7.98. The Hall–Kier alpha value is -3.95. The van der Waals surface area contributed by atoms with Crippen molar-refractivity contribution in [1.82, 2.24) is 29.7 Å². The Morgan fingerprint density at radius 3 is 2.66 bits per heavy atom. The van der Waals surface area contributed by atoms with Gasteiger partial charge in [-0.3, -0.25) is 4.79 Å². The Labute approximate surface area is 184 Å². The summed E-state index contributed by atoms with van der Waals surface area (Å²) in [6.45, 7) is 3.73. The van der Waals surface area contributed by atoms with Gasteiger partial charge in [0.15, 0.2) is 11.5 Å². The minimum absolute atomic E-state index is 0.0000544. The predicted octanol–water partition coefficient (Wildman–Crippen LogP) is 3.47. The Balaban J connectivity index is 1.51. The van der Waals surface area contributed by atoms with E-state index in [9.17, 15) is 4.79 Å². The van der Waals surface area contributed by atoms with Gasteiger partial charge in [-0.1, -0.05) is 0 Å². The van der Waals surface area contributed by atoms with Crippen molar-refractivity contribution >= 4 is 34.3 Å². The molecule has 0 spiro atoms. The molecule has 164 valence electrons. The van der Waals surface area contributed by atoms with Crippen LogP contribution in [-0.4, -0.2) is 42.7 Å². The number of nitrogens with zero attached hydrogens (tertiary/aromatic N) is 5. The number of imidazole rings is 1. The largest absolute Gasteiger partial charge is 0.495 e. The zero-order valence-electron chi connectivity index (χ0n) is 18.4. The summed E-state index contributed by atoms with van der Waals surface area (Å²) in [4.78, 5) is 29.0. The molecule has 1 aromatic carbocycles. The quantitative estimate of drug-likeness (QED) is 0.426. The monoisotopic (exact) mass is 432 g/mol. The van der Waals surface area contributed by atoms with Crippen LogP contribution in [0.2, 0.25) is 0 Å². The maximum absolute atomic E-state index is 12.3. The second-order valence-corrected chi connectivity index (χ2v) is 7.98. The van der Waals surface area contributed by atoms with Crippen LogP contribution in [0.5, 0.6) is 5.75 Å². The highest BCUT2D eigenvalue weighted by Gasteiger charge is 2.30. The number of ether oxygens (including phenoxy) is 1. The molecule has 0 unspecified atom stereocenters. The Bertz CT molecular complexity index is 1340. The number of anilines is 3. The molecule has 5 rings (SSSR count). The van der Waals surface area contributed by atoms with E-state index in [1.807, 2.05) is 39.1 Å². The lowest BCUT2D eigenvalue weighted by molar-refractivity contribution is -0.117. The molecule has 0 atom stereocenters. The van der Waals surface area contributed by atoms with Gasteiger partial charge < -0.3 is 20.4 Å². The molecule has 1 saturated carbocycles. The van der Waals surface area contributed by atoms with Gasteiger partial charge in [0, 0.05) is 24.6 Å². The number of H-pyrrole nitrogens is 1.